The Hall–Kier alpha value is -1.68. The van der Waals surface area contributed by atoms with Gasteiger partial charge in [-0.15, -0.1) is 0 Å². The molecule has 0 aliphatic heterocycles. The Morgan fingerprint density at radius 1 is 1.29 bits per heavy atom. The monoisotopic (exact) mass is 290 g/mol. The molecule has 2 aromatic rings. The molecule has 1 aliphatic carbocycles. The maximum absolute atomic E-state index is 13.8. The van der Waals surface area contributed by atoms with Crippen LogP contribution in [0.2, 0.25) is 0 Å². The molecule has 0 amide bonds. The molecule has 1 aromatic carbocycles. The first kappa shape index (κ1) is 14.3. The zero-order valence-electron chi connectivity index (χ0n) is 12.2. The summed E-state index contributed by atoms with van der Waals surface area (Å²) < 4.78 is 28.7. The van der Waals surface area contributed by atoms with Crippen molar-refractivity contribution in [2.45, 2.75) is 38.8 Å². The number of halogens is 2. The van der Waals surface area contributed by atoms with Crippen molar-refractivity contribution in [1.82, 2.24) is 9.88 Å². The van der Waals surface area contributed by atoms with E-state index in [-0.39, 0.29) is 0 Å². The van der Waals surface area contributed by atoms with Gasteiger partial charge in [-0.05, 0) is 43.0 Å². The number of rotatable bonds is 4. The minimum absolute atomic E-state index is 0.401. The molecule has 3 rings (SSSR count). The summed E-state index contributed by atoms with van der Waals surface area (Å²) in [5, 5.41) is 3.50. The molecule has 1 aromatic heterocycles. The fourth-order valence-electron chi connectivity index (χ4n) is 3.14. The lowest BCUT2D eigenvalue weighted by Crippen LogP contribution is -2.23. The van der Waals surface area contributed by atoms with E-state index in [4.69, 9.17) is 0 Å². The molecule has 0 radical (unpaired) electrons. The van der Waals surface area contributed by atoms with E-state index in [1.165, 1.54) is 29.7 Å². The molecule has 1 atom stereocenters. The van der Waals surface area contributed by atoms with Crippen LogP contribution in [-0.4, -0.2) is 11.1 Å². The highest BCUT2D eigenvalue weighted by Gasteiger charge is 2.21. The molecule has 0 saturated heterocycles. The van der Waals surface area contributed by atoms with Crippen molar-refractivity contribution in [2.75, 3.05) is 6.54 Å². The number of nitrogens with one attached hydrogen (secondary N) is 1. The minimum Gasteiger partial charge on any atom is -0.349 e. The van der Waals surface area contributed by atoms with Gasteiger partial charge in [0.1, 0.15) is 11.6 Å². The van der Waals surface area contributed by atoms with E-state index in [2.05, 4.69) is 24.6 Å². The first-order chi connectivity index (χ1) is 10.2. The van der Waals surface area contributed by atoms with Crippen LogP contribution in [-0.2, 0) is 13.0 Å². The van der Waals surface area contributed by atoms with Gasteiger partial charge >= 0.3 is 0 Å². The van der Waals surface area contributed by atoms with E-state index in [0.29, 0.717) is 18.2 Å². The standard InChI is InChI=1S/C17H20F2N2/c1-2-20-17-5-3-4-12-9-21(11-15(12)17)10-13-6-7-14(18)8-16(13)19/h6-9,11,17,20H,2-5,10H2,1H3. The fraction of sp³-hybridized carbons (Fsp3) is 0.412. The summed E-state index contributed by atoms with van der Waals surface area (Å²) >= 11 is 0. The Labute approximate surface area is 123 Å². The molecule has 0 saturated carbocycles. The van der Waals surface area contributed by atoms with Gasteiger partial charge in [0.15, 0.2) is 0 Å². The Morgan fingerprint density at radius 2 is 2.14 bits per heavy atom. The van der Waals surface area contributed by atoms with Crippen LogP contribution in [0.4, 0.5) is 8.78 Å². The van der Waals surface area contributed by atoms with E-state index in [9.17, 15) is 8.78 Å². The van der Waals surface area contributed by atoms with Gasteiger partial charge < -0.3 is 9.88 Å². The largest absolute Gasteiger partial charge is 0.349 e. The van der Waals surface area contributed by atoms with Crippen LogP contribution in [0.3, 0.4) is 0 Å². The van der Waals surface area contributed by atoms with Crippen molar-refractivity contribution in [3.05, 3.63) is 58.9 Å². The molecule has 21 heavy (non-hydrogen) atoms. The molecule has 4 heteroatoms. The van der Waals surface area contributed by atoms with Crippen LogP contribution in [0.1, 0.15) is 42.5 Å². The number of fused-ring (bicyclic) bond motifs is 1. The second kappa shape index (κ2) is 5.98. The summed E-state index contributed by atoms with van der Waals surface area (Å²) in [6, 6.07) is 4.17. The van der Waals surface area contributed by atoms with Crippen molar-refractivity contribution >= 4 is 0 Å². The highest BCUT2D eigenvalue weighted by Crippen LogP contribution is 2.30. The second-order valence-corrected chi connectivity index (χ2v) is 5.65. The van der Waals surface area contributed by atoms with Gasteiger partial charge in [-0.25, -0.2) is 8.78 Å². The molecule has 112 valence electrons. The lowest BCUT2D eigenvalue weighted by molar-refractivity contribution is 0.473. The third-order valence-corrected chi connectivity index (χ3v) is 4.13. The van der Waals surface area contributed by atoms with Crippen LogP contribution in [0.25, 0.3) is 0 Å². The van der Waals surface area contributed by atoms with E-state index in [0.717, 1.165) is 25.5 Å². The number of aryl methyl sites for hydroxylation is 1. The lowest BCUT2D eigenvalue weighted by atomic mass is 9.91. The zero-order valence-corrected chi connectivity index (χ0v) is 12.2. The summed E-state index contributed by atoms with van der Waals surface area (Å²) in [5.74, 6) is -1.01. The van der Waals surface area contributed by atoms with Gasteiger partial charge in [0, 0.05) is 36.6 Å². The summed E-state index contributed by atoms with van der Waals surface area (Å²) in [6.45, 7) is 3.50. The quantitative estimate of drug-likeness (QED) is 0.906. The fourth-order valence-corrected chi connectivity index (χ4v) is 3.14. The Morgan fingerprint density at radius 3 is 2.90 bits per heavy atom. The number of nitrogens with zero attached hydrogens (tertiary/aromatic N) is 1. The lowest BCUT2D eigenvalue weighted by Gasteiger charge is -2.22. The number of hydrogen-bond acceptors (Lipinski definition) is 1. The normalized spacial score (nSPS) is 17.8. The minimum atomic E-state index is -0.532. The van der Waals surface area contributed by atoms with Crippen molar-refractivity contribution < 1.29 is 8.78 Å². The SMILES string of the molecule is CCNC1CCCc2cn(Cc3ccc(F)cc3F)cc21. The Bertz CT molecular complexity index is 634. The molecule has 1 aliphatic rings. The smallest absolute Gasteiger partial charge is 0.131 e. The molecular weight excluding hydrogens is 270 g/mol. The summed E-state index contributed by atoms with van der Waals surface area (Å²) in [7, 11) is 0. The average Bonchev–Trinajstić information content (AvgIpc) is 2.86. The number of aromatic nitrogens is 1. The molecule has 1 heterocycles. The predicted molar refractivity (Wildman–Crippen MR) is 79.2 cm³/mol. The summed E-state index contributed by atoms with van der Waals surface area (Å²) in [6.07, 6.45) is 7.61. The first-order valence-electron chi connectivity index (χ1n) is 7.53. The van der Waals surface area contributed by atoms with Crippen LogP contribution in [0, 0.1) is 11.6 Å². The third-order valence-electron chi connectivity index (χ3n) is 4.13. The van der Waals surface area contributed by atoms with Gasteiger partial charge in [0.25, 0.3) is 0 Å². The number of benzene rings is 1. The van der Waals surface area contributed by atoms with E-state index in [1.54, 1.807) is 0 Å². The second-order valence-electron chi connectivity index (χ2n) is 5.65. The Balaban J connectivity index is 1.84. The molecule has 0 bridgehead atoms. The summed E-state index contributed by atoms with van der Waals surface area (Å²) in [4.78, 5) is 0. The highest BCUT2D eigenvalue weighted by molar-refractivity contribution is 5.31. The molecule has 0 fully saturated rings. The average molecular weight is 290 g/mol. The van der Waals surface area contributed by atoms with Crippen molar-refractivity contribution in [2.24, 2.45) is 0 Å². The van der Waals surface area contributed by atoms with E-state index >= 15 is 0 Å². The van der Waals surface area contributed by atoms with Crippen LogP contribution in [0.15, 0.2) is 30.6 Å². The highest BCUT2D eigenvalue weighted by atomic mass is 19.1. The van der Waals surface area contributed by atoms with Gasteiger partial charge in [-0.1, -0.05) is 13.0 Å². The predicted octanol–water partition coefficient (Wildman–Crippen LogP) is 3.80. The maximum atomic E-state index is 13.8. The van der Waals surface area contributed by atoms with E-state index in [1.807, 2.05) is 4.57 Å². The van der Waals surface area contributed by atoms with Crippen molar-refractivity contribution in [3.63, 3.8) is 0 Å². The van der Waals surface area contributed by atoms with Gasteiger partial charge in [0.05, 0.1) is 0 Å². The van der Waals surface area contributed by atoms with Crippen LogP contribution >= 0.6 is 0 Å². The first-order valence-corrected chi connectivity index (χ1v) is 7.53. The molecule has 2 nitrogen and oxygen atoms in total. The number of hydrogen-bond donors (Lipinski definition) is 1. The third kappa shape index (κ3) is 3.00. The molecule has 1 unspecified atom stereocenters. The van der Waals surface area contributed by atoms with Crippen molar-refractivity contribution in [1.29, 1.82) is 0 Å². The topological polar surface area (TPSA) is 17.0 Å². The van der Waals surface area contributed by atoms with Crippen LogP contribution in [0.5, 0.6) is 0 Å². The van der Waals surface area contributed by atoms with Gasteiger partial charge in [-0.2, -0.15) is 0 Å². The molecule has 0 spiro atoms. The Kier molecular flexibility index (Phi) is 4.06. The zero-order chi connectivity index (χ0) is 14.8. The van der Waals surface area contributed by atoms with Gasteiger partial charge in [-0.3, -0.25) is 0 Å². The molecule has 1 N–H and O–H groups in total. The molecular formula is C17H20F2N2. The maximum Gasteiger partial charge on any atom is 0.131 e. The van der Waals surface area contributed by atoms with Crippen molar-refractivity contribution in [3.8, 4) is 0 Å². The van der Waals surface area contributed by atoms with E-state index < -0.39 is 11.6 Å². The van der Waals surface area contributed by atoms with Crippen LogP contribution < -0.4 is 5.32 Å². The van der Waals surface area contributed by atoms with Gasteiger partial charge in [0.2, 0.25) is 0 Å². The summed E-state index contributed by atoms with van der Waals surface area (Å²) in [5.41, 5.74) is 3.18.